The van der Waals surface area contributed by atoms with E-state index in [-0.39, 0.29) is 5.92 Å². The molecule has 0 radical (unpaired) electrons. The molecular weight excluding hydrogens is 279 g/mol. The lowest BCUT2D eigenvalue weighted by Crippen LogP contribution is -2.16. The first kappa shape index (κ1) is 17.3. The van der Waals surface area contributed by atoms with Crippen molar-refractivity contribution < 1.29 is 23.1 Å². The Labute approximate surface area is 121 Å². The summed E-state index contributed by atoms with van der Waals surface area (Å²) in [6.07, 6.45) is 5.10. The molecule has 2 atom stereocenters. The molecule has 20 heavy (non-hydrogen) atoms. The fourth-order valence-electron chi connectivity index (χ4n) is 2.53. The first-order valence-electron chi connectivity index (χ1n) is 7.11. The second-order valence-electron chi connectivity index (χ2n) is 5.05. The minimum atomic E-state index is -3.12. The molecule has 0 N–H and O–H groups in total. The summed E-state index contributed by atoms with van der Waals surface area (Å²) < 4.78 is 27.6. The summed E-state index contributed by atoms with van der Waals surface area (Å²) >= 11 is 0. The molecular formula is C14H25O5P. The van der Waals surface area contributed by atoms with Crippen molar-refractivity contribution in [3.63, 3.8) is 0 Å². The Bertz CT molecular complexity index is 416. The molecule has 0 unspecified atom stereocenters. The highest BCUT2D eigenvalue weighted by molar-refractivity contribution is 7.53. The van der Waals surface area contributed by atoms with Gasteiger partial charge in [0.1, 0.15) is 5.76 Å². The Morgan fingerprint density at radius 2 is 2.10 bits per heavy atom. The lowest BCUT2D eigenvalue weighted by molar-refractivity contribution is -0.137. The van der Waals surface area contributed by atoms with Crippen molar-refractivity contribution >= 4 is 13.6 Å². The van der Waals surface area contributed by atoms with Crippen molar-refractivity contribution in [1.82, 2.24) is 0 Å². The van der Waals surface area contributed by atoms with Gasteiger partial charge in [-0.15, -0.1) is 0 Å². The van der Waals surface area contributed by atoms with E-state index >= 15 is 0 Å². The first-order chi connectivity index (χ1) is 9.47. The third-order valence-corrected chi connectivity index (χ3v) is 5.57. The maximum Gasteiger partial charge on any atom is 0.378 e. The number of carbonyl (C=O) groups excluding carboxylic acids is 1. The fraction of sp³-hybridized carbons (Fsp3) is 0.786. The van der Waals surface area contributed by atoms with Crippen LogP contribution >= 0.6 is 7.60 Å². The Balaban J connectivity index is 2.99. The van der Waals surface area contributed by atoms with Crippen LogP contribution in [0, 0.1) is 5.92 Å². The van der Waals surface area contributed by atoms with Crippen molar-refractivity contribution in [1.29, 1.82) is 0 Å². The average Bonchev–Trinajstić information content (AvgIpc) is 2.56. The Hall–Kier alpha value is -0.800. The molecule has 0 saturated carbocycles. The summed E-state index contributed by atoms with van der Waals surface area (Å²) in [6.45, 7) is 3.80. The number of hydrogen-bond acceptors (Lipinski definition) is 5. The molecule has 1 rings (SSSR count). The molecule has 0 aromatic carbocycles. The standard InChI is InChI=1S/C14H25O5P/c1-5-6-7-8-12-9-10-20(16,18-4)19-11(2)13(12)14(15)17-3/h12H,5-10H2,1-4H3/t12-,20-/m1/s1. The molecule has 0 aromatic rings. The zero-order chi connectivity index (χ0) is 15.2. The number of hydrogen-bond donors (Lipinski definition) is 0. The predicted molar refractivity (Wildman–Crippen MR) is 77.5 cm³/mol. The number of allylic oxidation sites excluding steroid dienone is 1. The third kappa shape index (κ3) is 4.35. The molecule has 0 amide bonds. The highest BCUT2D eigenvalue weighted by Crippen LogP contribution is 2.54. The summed E-state index contributed by atoms with van der Waals surface area (Å²) in [4.78, 5) is 12.0. The van der Waals surface area contributed by atoms with Gasteiger partial charge >= 0.3 is 13.6 Å². The summed E-state index contributed by atoms with van der Waals surface area (Å²) in [5.74, 6) is 0.00885. The molecule has 1 heterocycles. The van der Waals surface area contributed by atoms with Gasteiger partial charge in [0.15, 0.2) is 0 Å². The molecule has 1 aliphatic heterocycles. The van der Waals surface area contributed by atoms with Gasteiger partial charge in [0, 0.05) is 7.11 Å². The van der Waals surface area contributed by atoms with Crippen LogP contribution in [0.15, 0.2) is 11.3 Å². The lowest BCUT2D eigenvalue weighted by Gasteiger charge is -2.17. The largest absolute Gasteiger partial charge is 0.466 e. The van der Waals surface area contributed by atoms with Crippen molar-refractivity contribution in [2.45, 2.75) is 46.0 Å². The number of methoxy groups -OCH3 is 1. The van der Waals surface area contributed by atoms with Crippen LogP contribution in [0.3, 0.4) is 0 Å². The Morgan fingerprint density at radius 1 is 1.40 bits per heavy atom. The van der Waals surface area contributed by atoms with Gasteiger partial charge in [0.2, 0.25) is 0 Å². The zero-order valence-electron chi connectivity index (χ0n) is 12.8. The van der Waals surface area contributed by atoms with E-state index in [0.29, 0.717) is 23.9 Å². The van der Waals surface area contributed by atoms with Gasteiger partial charge in [-0.05, 0) is 25.7 Å². The van der Waals surface area contributed by atoms with Gasteiger partial charge < -0.3 is 13.8 Å². The summed E-state index contributed by atoms with van der Waals surface area (Å²) in [5, 5.41) is 0. The van der Waals surface area contributed by atoms with Crippen LogP contribution in [0.2, 0.25) is 0 Å². The zero-order valence-corrected chi connectivity index (χ0v) is 13.7. The Kier molecular flexibility index (Phi) is 6.77. The van der Waals surface area contributed by atoms with E-state index in [1.54, 1.807) is 6.92 Å². The molecule has 6 heteroatoms. The normalized spacial score (nSPS) is 26.9. The number of esters is 1. The van der Waals surface area contributed by atoms with Crippen LogP contribution in [0.5, 0.6) is 0 Å². The van der Waals surface area contributed by atoms with E-state index < -0.39 is 13.6 Å². The summed E-state index contributed by atoms with van der Waals surface area (Å²) in [6, 6.07) is 0. The van der Waals surface area contributed by atoms with Gasteiger partial charge in [-0.25, -0.2) is 9.36 Å². The topological polar surface area (TPSA) is 61.8 Å². The van der Waals surface area contributed by atoms with E-state index in [4.69, 9.17) is 13.8 Å². The van der Waals surface area contributed by atoms with E-state index in [9.17, 15) is 9.36 Å². The van der Waals surface area contributed by atoms with Crippen LogP contribution in [-0.4, -0.2) is 26.4 Å². The second-order valence-corrected chi connectivity index (χ2v) is 7.27. The highest BCUT2D eigenvalue weighted by Gasteiger charge is 2.35. The lowest BCUT2D eigenvalue weighted by atomic mass is 9.90. The molecule has 0 fully saturated rings. The van der Waals surface area contributed by atoms with Gasteiger partial charge in [-0.1, -0.05) is 26.2 Å². The molecule has 0 aromatic heterocycles. The molecule has 0 aliphatic carbocycles. The van der Waals surface area contributed by atoms with Crippen LogP contribution < -0.4 is 0 Å². The van der Waals surface area contributed by atoms with Crippen molar-refractivity contribution in [3.05, 3.63) is 11.3 Å². The average molecular weight is 304 g/mol. The SMILES string of the molecule is CCCCC[C@@H]1CC[P@@](=O)(OC)OC(C)=C1C(=O)OC. The maximum atomic E-state index is 12.3. The molecule has 116 valence electrons. The first-order valence-corrected chi connectivity index (χ1v) is 8.83. The minimum absolute atomic E-state index is 0.0278. The third-order valence-electron chi connectivity index (χ3n) is 3.65. The van der Waals surface area contributed by atoms with E-state index in [2.05, 4.69) is 6.92 Å². The molecule has 0 spiro atoms. The van der Waals surface area contributed by atoms with Gasteiger partial charge in [0.05, 0.1) is 18.8 Å². The molecule has 0 bridgehead atoms. The number of ether oxygens (including phenoxy) is 1. The fourth-order valence-corrected chi connectivity index (χ4v) is 4.02. The van der Waals surface area contributed by atoms with Crippen LogP contribution in [0.4, 0.5) is 0 Å². The Morgan fingerprint density at radius 3 is 2.65 bits per heavy atom. The molecule has 0 saturated heterocycles. The minimum Gasteiger partial charge on any atom is -0.466 e. The van der Waals surface area contributed by atoms with Crippen LogP contribution in [-0.2, 0) is 23.1 Å². The summed E-state index contributed by atoms with van der Waals surface area (Å²) in [5.41, 5.74) is 0.512. The van der Waals surface area contributed by atoms with Gasteiger partial charge in [-0.3, -0.25) is 0 Å². The number of carbonyl (C=O) groups is 1. The number of unbranched alkanes of at least 4 members (excludes halogenated alkanes) is 2. The van der Waals surface area contributed by atoms with Crippen molar-refractivity contribution in [3.8, 4) is 0 Å². The molecule has 1 aliphatic rings. The van der Waals surface area contributed by atoms with E-state index in [1.807, 2.05) is 0 Å². The summed E-state index contributed by atoms with van der Waals surface area (Å²) in [7, 11) is -0.392. The second kappa shape index (κ2) is 7.84. The van der Waals surface area contributed by atoms with Crippen molar-refractivity contribution in [2.24, 2.45) is 5.92 Å². The van der Waals surface area contributed by atoms with Crippen LogP contribution in [0.1, 0.15) is 46.0 Å². The monoisotopic (exact) mass is 304 g/mol. The smallest absolute Gasteiger partial charge is 0.378 e. The maximum absolute atomic E-state index is 12.3. The van der Waals surface area contributed by atoms with Crippen LogP contribution in [0.25, 0.3) is 0 Å². The van der Waals surface area contributed by atoms with E-state index in [0.717, 1.165) is 25.7 Å². The van der Waals surface area contributed by atoms with Crippen molar-refractivity contribution in [2.75, 3.05) is 20.4 Å². The predicted octanol–water partition coefficient (Wildman–Crippen LogP) is 3.89. The number of rotatable bonds is 6. The highest BCUT2D eigenvalue weighted by atomic mass is 31.2. The molecule has 5 nitrogen and oxygen atoms in total. The van der Waals surface area contributed by atoms with E-state index in [1.165, 1.54) is 14.2 Å². The van der Waals surface area contributed by atoms with Gasteiger partial charge in [0.25, 0.3) is 0 Å². The van der Waals surface area contributed by atoms with Gasteiger partial charge in [-0.2, -0.15) is 0 Å². The quantitative estimate of drug-likeness (QED) is 0.423.